The van der Waals surface area contributed by atoms with Crippen LogP contribution < -0.4 is 11.1 Å². The molecule has 0 bridgehead atoms. The number of aryl methyl sites for hydroxylation is 1. The van der Waals surface area contributed by atoms with Crippen LogP contribution in [0, 0.1) is 12.8 Å². The molecule has 3 aromatic rings. The smallest absolute Gasteiger partial charge is 0.257 e. The number of anilines is 1. The minimum Gasteiger partial charge on any atom is -0.366 e. The molecular weight excluding hydrogens is 394 g/mol. The molecule has 1 atom stereocenters. The van der Waals surface area contributed by atoms with Gasteiger partial charge in [-0.3, -0.25) is 14.5 Å². The van der Waals surface area contributed by atoms with Crippen LogP contribution in [0.25, 0.3) is 11.5 Å². The summed E-state index contributed by atoms with van der Waals surface area (Å²) in [5, 5.41) is 7.03. The van der Waals surface area contributed by atoms with Crippen LogP contribution in [0.3, 0.4) is 0 Å². The summed E-state index contributed by atoms with van der Waals surface area (Å²) >= 11 is 0. The lowest BCUT2D eigenvalue weighted by Crippen LogP contribution is -2.40. The van der Waals surface area contributed by atoms with E-state index in [1.54, 1.807) is 24.3 Å². The molecule has 0 aliphatic carbocycles. The summed E-state index contributed by atoms with van der Waals surface area (Å²) in [5.74, 6) is 0.449. The summed E-state index contributed by atoms with van der Waals surface area (Å²) in [6, 6.07) is 14.5. The van der Waals surface area contributed by atoms with Gasteiger partial charge in [-0.1, -0.05) is 22.9 Å². The second kappa shape index (κ2) is 9.09. The number of hydrogen-bond acceptors (Lipinski definition) is 6. The Morgan fingerprint density at radius 1 is 1.16 bits per heavy atom. The highest BCUT2D eigenvalue weighted by Gasteiger charge is 2.27. The maximum Gasteiger partial charge on any atom is 0.257 e. The highest BCUT2D eigenvalue weighted by Crippen LogP contribution is 2.22. The van der Waals surface area contributed by atoms with E-state index < -0.39 is 5.91 Å². The van der Waals surface area contributed by atoms with Crippen LogP contribution in [0.4, 0.5) is 5.69 Å². The number of carbonyl (C=O) groups is 2. The van der Waals surface area contributed by atoms with Gasteiger partial charge in [-0.25, -0.2) is 0 Å². The Bertz CT molecular complexity index is 1060. The van der Waals surface area contributed by atoms with Crippen LogP contribution in [-0.2, 0) is 11.3 Å². The van der Waals surface area contributed by atoms with Crippen molar-refractivity contribution in [3.63, 3.8) is 0 Å². The average Bonchev–Trinajstić information content (AvgIpc) is 3.23. The predicted octanol–water partition coefficient (Wildman–Crippen LogP) is 2.99. The van der Waals surface area contributed by atoms with Gasteiger partial charge in [0.1, 0.15) is 0 Å². The molecule has 1 fully saturated rings. The number of aromatic nitrogens is 2. The Morgan fingerprint density at radius 3 is 2.61 bits per heavy atom. The van der Waals surface area contributed by atoms with Gasteiger partial charge in [-0.15, -0.1) is 0 Å². The van der Waals surface area contributed by atoms with Crippen molar-refractivity contribution in [3.8, 4) is 11.5 Å². The zero-order valence-electron chi connectivity index (χ0n) is 17.4. The molecule has 1 saturated heterocycles. The average molecular weight is 419 g/mol. The number of amides is 2. The molecule has 1 aliphatic rings. The van der Waals surface area contributed by atoms with Crippen molar-refractivity contribution in [2.75, 3.05) is 18.4 Å². The number of piperidine rings is 1. The van der Waals surface area contributed by atoms with Crippen LogP contribution in [0.2, 0.25) is 0 Å². The van der Waals surface area contributed by atoms with Crippen molar-refractivity contribution < 1.29 is 14.1 Å². The lowest BCUT2D eigenvalue weighted by molar-refractivity contribution is -0.121. The van der Waals surface area contributed by atoms with Crippen molar-refractivity contribution in [3.05, 3.63) is 65.5 Å². The fraction of sp³-hybridized carbons (Fsp3) is 0.304. The summed E-state index contributed by atoms with van der Waals surface area (Å²) < 4.78 is 5.41. The van der Waals surface area contributed by atoms with Crippen LogP contribution >= 0.6 is 0 Å². The summed E-state index contributed by atoms with van der Waals surface area (Å²) in [6.45, 7) is 4.07. The van der Waals surface area contributed by atoms with Gasteiger partial charge in [0.15, 0.2) is 5.82 Å². The van der Waals surface area contributed by atoms with E-state index in [-0.39, 0.29) is 11.8 Å². The molecule has 2 heterocycles. The number of hydrogen-bond donors (Lipinski definition) is 2. The Labute approximate surface area is 180 Å². The van der Waals surface area contributed by atoms with Crippen molar-refractivity contribution in [2.45, 2.75) is 26.3 Å². The molecule has 3 N–H and O–H groups in total. The first kappa shape index (κ1) is 20.7. The quantitative estimate of drug-likeness (QED) is 0.635. The molecule has 0 saturated carbocycles. The van der Waals surface area contributed by atoms with E-state index in [0.29, 0.717) is 36.1 Å². The van der Waals surface area contributed by atoms with Crippen molar-refractivity contribution in [1.82, 2.24) is 15.0 Å². The SMILES string of the molecule is Cc1ccc(-c2nc(CN3CCC[C@H](C(=O)Nc4ccc(C(N)=O)cc4)C3)no2)cc1. The van der Waals surface area contributed by atoms with Gasteiger partial charge in [0.2, 0.25) is 11.8 Å². The highest BCUT2D eigenvalue weighted by atomic mass is 16.5. The summed E-state index contributed by atoms with van der Waals surface area (Å²) in [6.07, 6.45) is 1.74. The van der Waals surface area contributed by atoms with Crippen molar-refractivity contribution >= 4 is 17.5 Å². The molecule has 160 valence electrons. The Hall–Kier alpha value is -3.52. The van der Waals surface area contributed by atoms with E-state index in [1.807, 2.05) is 31.2 Å². The number of primary amides is 1. The maximum atomic E-state index is 12.7. The third kappa shape index (κ3) is 5.16. The van der Waals surface area contributed by atoms with Gasteiger partial charge in [0, 0.05) is 23.4 Å². The molecule has 0 spiro atoms. The lowest BCUT2D eigenvalue weighted by Gasteiger charge is -2.31. The molecule has 8 nitrogen and oxygen atoms in total. The summed E-state index contributed by atoms with van der Waals surface area (Å²) in [4.78, 5) is 30.6. The number of benzene rings is 2. The largest absolute Gasteiger partial charge is 0.366 e. The predicted molar refractivity (Wildman–Crippen MR) is 116 cm³/mol. The first-order chi connectivity index (χ1) is 15.0. The van der Waals surface area contributed by atoms with E-state index in [1.165, 1.54) is 5.56 Å². The Balaban J connectivity index is 1.34. The third-order valence-electron chi connectivity index (χ3n) is 5.44. The molecule has 4 rings (SSSR count). The summed E-state index contributed by atoms with van der Waals surface area (Å²) in [5.41, 5.74) is 8.37. The van der Waals surface area contributed by atoms with E-state index in [2.05, 4.69) is 20.4 Å². The molecule has 2 amide bonds. The fourth-order valence-corrected chi connectivity index (χ4v) is 3.71. The van der Waals surface area contributed by atoms with Crippen LogP contribution in [0.5, 0.6) is 0 Å². The van der Waals surface area contributed by atoms with Crippen molar-refractivity contribution in [2.24, 2.45) is 11.7 Å². The highest BCUT2D eigenvalue weighted by molar-refractivity contribution is 5.95. The topological polar surface area (TPSA) is 114 Å². The van der Waals surface area contributed by atoms with E-state index in [4.69, 9.17) is 10.3 Å². The maximum absolute atomic E-state index is 12.7. The van der Waals surface area contributed by atoms with Crippen molar-refractivity contribution in [1.29, 1.82) is 0 Å². The van der Waals surface area contributed by atoms with E-state index >= 15 is 0 Å². The Morgan fingerprint density at radius 2 is 1.90 bits per heavy atom. The number of nitrogens with one attached hydrogen (secondary N) is 1. The van der Waals surface area contributed by atoms with Crippen LogP contribution in [-0.4, -0.2) is 39.9 Å². The second-order valence-electron chi connectivity index (χ2n) is 7.89. The van der Waals surface area contributed by atoms with Gasteiger partial charge in [-0.2, -0.15) is 4.98 Å². The summed E-state index contributed by atoms with van der Waals surface area (Å²) in [7, 11) is 0. The van der Waals surface area contributed by atoms with Gasteiger partial charge < -0.3 is 15.6 Å². The molecule has 0 unspecified atom stereocenters. The molecule has 1 aliphatic heterocycles. The first-order valence-corrected chi connectivity index (χ1v) is 10.3. The van der Waals surface area contributed by atoms with Gasteiger partial charge in [0.25, 0.3) is 5.89 Å². The second-order valence-corrected chi connectivity index (χ2v) is 7.89. The minimum absolute atomic E-state index is 0.0371. The zero-order chi connectivity index (χ0) is 21.8. The molecule has 0 radical (unpaired) electrons. The monoisotopic (exact) mass is 419 g/mol. The fourth-order valence-electron chi connectivity index (χ4n) is 3.71. The third-order valence-corrected chi connectivity index (χ3v) is 5.44. The van der Waals surface area contributed by atoms with Gasteiger partial charge in [0.05, 0.1) is 12.5 Å². The molecule has 31 heavy (non-hydrogen) atoms. The molecule has 8 heteroatoms. The minimum atomic E-state index is -0.493. The number of nitrogens with zero attached hydrogens (tertiary/aromatic N) is 3. The molecule has 2 aromatic carbocycles. The lowest BCUT2D eigenvalue weighted by atomic mass is 9.97. The van der Waals surface area contributed by atoms with E-state index in [9.17, 15) is 9.59 Å². The normalized spacial score (nSPS) is 16.7. The standard InChI is InChI=1S/C23H25N5O3/c1-15-4-6-17(7-5-15)23-26-20(27-31-23)14-28-12-2-3-18(13-28)22(30)25-19-10-8-16(9-11-19)21(24)29/h4-11,18H,2-3,12-14H2,1H3,(H2,24,29)(H,25,30)/t18-/m0/s1. The van der Waals surface area contributed by atoms with Crippen LogP contribution in [0.15, 0.2) is 53.1 Å². The number of nitrogens with two attached hydrogens (primary N) is 1. The zero-order valence-corrected chi connectivity index (χ0v) is 17.4. The Kier molecular flexibility index (Phi) is 6.08. The van der Waals surface area contributed by atoms with Gasteiger partial charge >= 0.3 is 0 Å². The first-order valence-electron chi connectivity index (χ1n) is 10.3. The van der Waals surface area contributed by atoms with Gasteiger partial charge in [-0.05, 0) is 62.7 Å². The number of rotatable bonds is 6. The number of carbonyl (C=O) groups excluding carboxylic acids is 2. The number of likely N-dealkylation sites (tertiary alicyclic amines) is 1. The molecule has 1 aromatic heterocycles. The van der Waals surface area contributed by atoms with Crippen LogP contribution in [0.1, 0.15) is 34.6 Å². The van der Waals surface area contributed by atoms with E-state index in [0.717, 1.165) is 24.9 Å². The molecular formula is C23H25N5O3.